The first-order chi connectivity index (χ1) is 11.5. The number of nitrogens with one attached hydrogen (secondary N) is 2. The van der Waals surface area contributed by atoms with Gasteiger partial charge < -0.3 is 15.4 Å². The smallest absolute Gasteiger partial charge is 0.263 e. The van der Waals surface area contributed by atoms with Crippen molar-refractivity contribution in [3.63, 3.8) is 0 Å². The van der Waals surface area contributed by atoms with Crippen LogP contribution in [0.15, 0.2) is 29.1 Å². The van der Waals surface area contributed by atoms with Crippen LogP contribution < -0.4 is 10.9 Å². The molecule has 0 amide bonds. The fourth-order valence-corrected chi connectivity index (χ4v) is 3.71. The summed E-state index contributed by atoms with van der Waals surface area (Å²) in [5, 5.41) is 15.1. The summed E-state index contributed by atoms with van der Waals surface area (Å²) in [5.41, 5.74) is 3.21. The van der Waals surface area contributed by atoms with E-state index in [4.69, 9.17) is 12.2 Å². The lowest BCUT2D eigenvalue weighted by atomic mass is 9.95. The standard InChI is InChI=1S/C17H18N4O2S/c1-20-15(22)12(16(23)21(2)17(20)24)14-13-10(7-8-18-14)9-5-3-4-6-11(9)19-13/h3-6,14,18-19,22H,7-8H2,1-2H3/t14-/m1/s1. The number of aromatic nitrogens is 3. The van der Waals surface area contributed by atoms with Crippen LogP contribution in [0.4, 0.5) is 0 Å². The zero-order valence-electron chi connectivity index (χ0n) is 13.5. The fraction of sp³-hybridized carbons (Fsp3) is 0.294. The summed E-state index contributed by atoms with van der Waals surface area (Å²) >= 11 is 5.20. The van der Waals surface area contributed by atoms with Gasteiger partial charge in [0.05, 0.1) is 6.04 Å². The summed E-state index contributed by atoms with van der Waals surface area (Å²) in [4.78, 5) is 16.2. The fourth-order valence-electron chi connectivity index (χ4n) is 3.54. The molecule has 1 aliphatic heterocycles. The molecule has 2 aromatic heterocycles. The van der Waals surface area contributed by atoms with E-state index in [1.165, 1.54) is 20.1 Å². The second kappa shape index (κ2) is 5.32. The molecule has 0 saturated heterocycles. The lowest BCUT2D eigenvalue weighted by molar-refractivity contribution is 0.394. The molecular weight excluding hydrogens is 324 g/mol. The highest BCUT2D eigenvalue weighted by Crippen LogP contribution is 2.34. The molecule has 0 aliphatic carbocycles. The van der Waals surface area contributed by atoms with Gasteiger partial charge in [-0.2, -0.15) is 0 Å². The van der Waals surface area contributed by atoms with Crippen LogP contribution in [0, 0.1) is 4.77 Å². The van der Waals surface area contributed by atoms with Gasteiger partial charge in [-0.1, -0.05) is 18.2 Å². The van der Waals surface area contributed by atoms with Crippen LogP contribution in [-0.2, 0) is 20.5 Å². The molecule has 3 aromatic rings. The number of benzene rings is 1. The Bertz CT molecular complexity index is 1080. The highest BCUT2D eigenvalue weighted by Gasteiger charge is 2.30. The lowest BCUT2D eigenvalue weighted by Gasteiger charge is -2.25. The van der Waals surface area contributed by atoms with Gasteiger partial charge in [-0.25, -0.2) is 0 Å². The van der Waals surface area contributed by atoms with Gasteiger partial charge in [-0.3, -0.25) is 13.9 Å². The molecule has 0 fully saturated rings. The third-order valence-electron chi connectivity index (χ3n) is 4.81. The quantitative estimate of drug-likeness (QED) is 0.590. The SMILES string of the molecule is Cn1c(O)c([C@H]2NCCc3c2[nH]c2ccccc32)c(=O)n(C)c1=S. The molecule has 0 unspecified atom stereocenters. The Hall–Kier alpha value is -2.38. The molecule has 4 rings (SSSR count). The summed E-state index contributed by atoms with van der Waals surface area (Å²) in [7, 11) is 3.29. The van der Waals surface area contributed by atoms with Crippen LogP contribution in [0.3, 0.4) is 0 Å². The highest BCUT2D eigenvalue weighted by atomic mass is 32.1. The van der Waals surface area contributed by atoms with E-state index in [-0.39, 0.29) is 22.3 Å². The van der Waals surface area contributed by atoms with Gasteiger partial charge in [0, 0.05) is 37.2 Å². The molecule has 124 valence electrons. The summed E-state index contributed by atoms with van der Waals surface area (Å²) < 4.78 is 3.14. The summed E-state index contributed by atoms with van der Waals surface area (Å²) in [6, 6.07) is 7.71. The molecule has 1 aromatic carbocycles. The van der Waals surface area contributed by atoms with E-state index in [0.29, 0.717) is 5.56 Å². The predicted octanol–water partition coefficient (Wildman–Crippen LogP) is 1.88. The average molecular weight is 342 g/mol. The van der Waals surface area contributed by atoms with Gasteiger partial charge in [0.1, 0.15) is 5.56 Å². The normalized spacial score (nSPS) is 17.2. The minimum Gasteiger partial charge on any atom is -0.494 e. The van der Waals surface area contributed by atoms with E-state index in [0.717, 1.165) is 24.2 Å². The summed E-state index contributed by atoms with van der Waals surface area (Å²) in [6.07, 6.45) is 0.877. The molecule has 6 nitrogen and oxygen atoms in total. The Labute approximate surface area is 143 Å². The van der Waals surface area contributed by atoms with Crippen molar-refractivity contribution in [2.75, 3.05) is 6.54 Å². The lowest BCUT2D eigenvalue weighted by Crippen LogP contribution is -2.37. The third-order valence-corrected chi connectivity index (χ3v) is 5.36. The largest absolute Gasteiger partial charge is 0.494 e. The van der Waals surface area contributed by atoms with Crippen molar-refractivity contribution in [2.24, 2.45) is 14.1 Å². The Morgan fingerprint density at radius 3 is 2.79 bits per heavy atom. The van der Waals surface area contributed by atoms with Crippen LogP contribution in [0.5, 0.6) is 5.88 Å². The summed E-state index contributed by atoms with van der Waals surface area (Å²) in [5.74, 6) is -0.0906. The number of H-pyrrole nitrogens is 1. The van der Waals surface area contributed by atoms with E-state index >= 15 is 0 Å². The maximum absolute atomic E-state index is 12.8. The number of nitrogens with zero attached hydrogens (tertiary/aromatic N) is 2. The predicted molar refractivity (Wildman–Crippen MR) is 95.0 cm³/mol. The van der Waals surface area contributed by atoms with E-state index in [1.807, 2.05) is 18.2 Å². The minimum absolute atomic E-state index is 0.0906. The first-order valence-corrected chi connectivity index (χ1v) is 8.23. The van der Waals surface area contributed by atoms with Crippen LogP contribution >= 0.6 is 12.2 Å². The number of fused-ring (bicyclic) bond motifs is 3. The van der Waals surface area contributed by atoms with Crippen molar-refractivity contribution < 1.29 is 5.11 Å². The molecule has 7 heteroatoms. The van der Waals surface area contributed by atoms with Gasteiger partial charge in [0.25, 0.3) is 5.56 Å². The molecule has 0 radical (unpaired) electrons. The van der Waals surface area contributed by atoms with Crippen LogP contribution in [0.1, 0.15) is 22.9 Å². The number of hydrogen-bond donors (Lipinski definition) is 3. The Balaban J connectivity index is 2.02. The highest BCUT2D eigenvalue weighted by molar-refractivity contribution is 7.71. The topological polar surface area (TPSA) is 75.0 Å². The molecular formula is C17H18N4O2S. The Morgan fingerprint density at radius 2 is 2.00 bits per heavy atom. The second-order valence-corrected chi connectivity index (χ2v) is 6.51. The molecule has 24 heavy (non-hydrogen) atoms. The van der Waals surface area contributed by atoms with E-state index in [1.54, 1.807) is 14.1 Å². The van der Waals surface area contributed by atoms with Gasteiger partial charge >= 0.3 is 0 Å². The monoisotopic (exact) mass is 342 g/mol. The number of hydrogen-bond acceptors (Lipinski definition) is 4. The van der Waals surface area contributed by atoms with Crippen molar-refractivity contribution in [3.05, 3.63) is 56.2 Å². The van der Waals surface area contributed by atoms with Gasteiger partial charge in [0.2, 0.25) is 5.88 Å². The Morgan fingerprint density at radius 1 is 1.25 bits per heavy atom. The van der Waals surface area contributed by atoms with E-state index in [2.05, 4.69) is 16.4 Å². The number of rotatable bonds is 1. The Kier molecular flexibility index (Phi) is 3.36. The average Bonchev–Trinajstić information content (AvgIpc) is 2.98. The second-order valence-electron chi connectivity index (χ2n) is 6.14. The maximum atomic E-state index is 12.8. The zero-order chi connectivity index (χ0) is 17.0. The summed E-state index contributed by atoms with van der Waals surface area (Å²) in [6.45, 7) is 0.738. The van der Waals surface area contributed by atoms with Crippen molar-refractivity contribution in [1.29, 1.82) is 0 Å². The molecule has 0 saturated carbocycles. The van der Waals surface area contributed by atoms with Crippen LogP contribution in [-0.4, -0.2) is 25.8 Å². The van der Waals surface area contributed by atoms with Crippen molar-refractivity contribution in [1.82, 2.24) is 19.4 Å². The molecule has 1 aliphatic rings. The van der Waals surface area contributed by atoms with Crippen molar-refractivity contribution >= 4 is 23.1 Å². The molecule has 3 heterocycles. The maximum Gasteiger partial charge on any atom is 0.263 e. The molecule has 0 spiro atoms. The van der Waals surface area contributed by atoms with E-state index in [9.17, 15) is 9.90 Å². The zero-order valence-corrected chi connectivity index (χ0v) is 14.3. The minimum atomic E-state index is -0.387. The van der Waals surface area contributed by atoms with Crippen molar-refractivity contribution in [2.45, 2.75) is 12.5 Å². The molecule has 1 atom stereocenters. The molecule has 3 N–H and O–H groups in total. The number of aromatic hydroxyl groups is 1. The van der Waals surface area contributed by atoms with E-state index < -0.39 is 0 Å². The van der Waals surface area contributed by atoms with Crippen LogP contribution in [0.25, 0.3) is 10.9 Å². The number of aromatic amines is 1. The van der Waals surface area contributed by atoms with Crippen molar-refractivity contribution in [3.8, 4) is 5.88 Å². The van der Waals surface area contributed by atoms with Gasteiger partial charge in [0.15, 0.2) is 4.77 Å². The molecule has 0 bridgehead atoms. The first kappa shape index (κ1) is 15.2. The first-order valence-electron chi connectivity index (χ1n) is 7.82. The number of para-hydroxylation sites is 1. The third kappa shape index (κ3) is 1.98. The van der Waals surface area contributed by atoms with Gasteiger partial charge in [-0.05, 0) is 30.3 Å². The van der Waals surface area contributed by atoms with Gasteiger partial charge in [-0.15, -0.1) is 0 Å². The van der Waals surface area contributed by atoms with Crippen LogP contribution in [0.2, 0.25) is 0 Å².